The minimum Gasteiger partial charge on any atom is -0.340 e. The predicted octanol–water partition coefficient (Wildman–Crippen LogP) is 2.36. The molecule has 0 amide bonds. The molecule has 4 nitrogen and oxygen atoms in total. The molecule has 0 aliphatic carbocycles. The molecular formula is C11H15BrN4. The molecular weight excluding hydrogens is 268 g/mol. The number of nitriles is 1. The Bertz CT molecular complexity index is 357. The van der Waals surface area contributed by atoms with Gasteiger partial charge in [0.2, 0.25) is 5.95 Å². The third-order valence-electron chi connectivity index (χ3n) is 2.23. The molecule has 1 rings (SSSR count). The molecule has 1 aromatic rings. The fraction of sp³-hybridized carbons (Fsp3) is 0.545. The molecule has 86 valence electrons. The molecule has 0 aliphatic heterocycles. The first-order chi connectivity index (χ1) is 7.71. The lowest BCUT2D eigenvalue weighted by Crippen LogP contribution is -2.29. The van der Waals surface area contributed by atoms with E-state index in [-0.39, 0.29) is 5.92 Å². The predicted molar refractivity (Wildman–Crippen MR) is 67.3 cm³/mol. The molecule has 0 fully saturated rings. The minimum atomic E-state index is -0.0144. The maximum atomic E-state index is 8.78. The number of nitrogens with zero attached hydrogens (tertiary/aromatic N) is 4. The number of rotatable bonds is 5. The second-order valence-corrected chi connectivity index (χ2v) is 4.15. The molecule has 0 spiro atoms. The number of alkyl halides is 1. The van der Waals surface area contributed by atoms with Crippen LogP contribution in [0, 0.1) is 17.2 Å². The van der Waals surface area contributed by atoms with Crippen molar-refractivity contribution in [1.29, 1.82) is 5.26 Å². The molecule has 5 heteroatoms. The highest BCUT2D eigenvalue weighted by molar-refractivity contribution is 9.08. The van der Waals surface area contributed by atoms with Crippen LogP contribution >= 0.6 is 15.9 Å². The number of hydrogen-bond donors (Lipinski definition) is 0. The van der Waals surface area contributed by atoms with Gasteiger partial charge in [-0.3, -0.25) is 0 Å². The van der Waals surface area contributed by atoms with Crippen LogP contribution < -0.4 is 4.90 Å². The van der Waals surface area contributed by atoms with Gasteiger partial charge in [0.15, 0.2) is 0 Å². The van der Waals surface area contributed by atoms with E-state index in [2.05, 4.69) is 32.0 Å². The quantitative estimate of drug-likeness (QED) is 0.778. The van der Waals surface area contributed by atoms with Crippen LogP contribution in [0.5, 0.6) is 0 Å². The van der Waals surface area contributed by atoms with Gasteiger partial charge in [0, 0.05) is 30.8 Å². The van der Waals surface area contributed by atoms with E-state index < -0.39 is 0 Å². The molecule has 1 aromatic heterocycles. The molecule has 0 N–H and O–H groups in total. The molecule has 0 aliphatic rings. The molecule has 0 saturated heterocycles. The lowest BCUT2D eigenvalue weighted by molar-refractivity contribution is 0.670. The Morgan fingerprint density at radius 3 is 2.56 bits per heavy atom. The molecule has 1 unspecified atom stereocenters. The van der Waals surface area contributed by atoms with Gasteiger partial charge in [-0.2, -0.15) is 5.26 Å². The van der Waals surface area contributed by atoms with Gasteiger partial charge in [0.25, 0.3) is 0 Å². The van der Waals surface area contributed by atoms with Gasteiger partial charge in [-0.15, -0.1) is 0 Å². The first kappa shape index (κ1) is 12.9. The van der Waals surface area contributed by atoms with E-state index in [0.29, 0.717) is 12.5 Å². The lowest BCUT2D eigenvalue weighted by atomic mass is 10.2. The Balaban J connectivity index is 2.75. The zero-order valence-electron chi connectivity index (χ0n) is 9.52. The van der Waals surface area contributed by atoms with Crippen LogP contribution in [0.4, 0.5) is 5.95 Å². The van der Waals surface area contributed by atoms with Crippen LogP contribution in [-0.4, -0.2) is 23.1 Å². The molecule has 0 aromatic carbocycles. The first-order valence-electron chi connectivity index (χ1n) is 5.22. The summed E-state index contributed by atoms with van der Waals surface area (Å²) in [7, 11) is 0. The Labute approximate surface area is 104 Å². The van der Waals surface area contributed by atoms with Crippen LogP contribution in [0.15, 0.2) is 12.4 Å². The average molecular weight is 283 g/mol. The smallest absolute Gasteiger partial charge is 0.225 e. The van der Waals surface area contributed by atoms with Crippen molar-refractivity contribution in [3.8, 4) is 6.07 Å². The van der Waals surface area contributed by atoms with Crippen LogP contribution in [0.1, 0.15) is 19.4 Å². The minimum absolute atomic E-state index is 0.0144. The van der Waals surface area contributed by atoms with Crippen molar-refractivity contribution in [2.24, 2.45) is 5.92 Å². The third kappa shape index (κ3) is 3.46. The summed E-state index contributed by atoms with van der Waals surface area (Å²) in [6.45, 7) is 5.40. The number of aromatic nitrogens is 2. The van der Waals surface area contributed by atoms with E-state index in [1.807, 2.05) is 18.7 Å². The average Bonchev–Trinajstić information content (AvgIpc) is 2.35. The summed E-state index contributed by atoms with van der Waals surface area (Å²) in [6.07, 6.45) is 3.60. The standard InChI is InChI=1S/C11H15BrN4/c1-3-16(8-9(2)5-13)11-14-6-10(4-12)7-15-11/h6-7,9H,3-4,8H2,1-2H3. The Kier molecular flexibility index (Phi) is 5.20. The van der Waals surface area contributed by atoms with Crippen molar-refractivity contribution in [3.63, 3.8) is 0 Å². The van der Waals surface area contributed by atoms with Gasteiger partial charge >= 0.3 is 0 Å². The zero-order chi connectivity index (χ0) is 12.0. The summed E-state index contributed by atoms with van der Waals surface area (Å²) in [6, 6.07) is 2.22. The maximum Gasteiger partial charge on any atom is 0.225 e. The first-order valence-corrected chi connectivity index (χ1v) is 6.34. The fourth-order valence-electron chi connectivity index (χ4n) is 1.30. The zero-order valence-corrected chi connectivity index (χ0v) is 11.1. The summed E-state index contributed by atoms with van der Waals surface area (Å²) in [5.41, 5.74) is 1.05. The van der Waals surface area contributed by atoms with Crippen molar-refractivity contribution in [2.45, 2.75) is 19.2 Å². The van der Waals surface area contributed by atoms with E-state index in [4.69, 9.17) is 5.26 Å². The molecule has 16 heavy (non-hydrogen) atoms. The Morgan fingerprint density at radius 1 is 1.50 bits per heavy atom. The lowest BCUT2D eigenvalue weighted by Gasteiger charge is -2.21. The second kappa shape index (κ2) is 6.44. The third-order valence-corrected chi connectivity index (χ3v) is 2.87. The van der Waals surface area contributed by atoms with Crippen molar-refractivity contribution >= 4 is 21.9 Å². The molecule has 0 saturated carbocycles. The summed E-state index contributed by atoms with van der Waals surface area (Å²) in [5.74, 6) is 0.675. The molecule has 1 heterocycles. The van der Waals surface area contributed by atoms with Gasteiger partial charge in [0.1, 0.15) is 0 Å². The summed E-state index contributed by atoms with van der Waals surface area (Å²) in [4.78, 5) is 10.6. The fourth-order valence-corrected chi connectivity index (χ4v) is 1.59. The highest BCUT2D eigenvalue weighted by Gasteiger charge is 2.11. The Morgan fingerprint density at radius 2 is 2.12 bits per heavy atom. The van der Waals surface area contributed by atoms with Crippen molar-refractivity contribution in [1.82, 2.24) is 9.97 Å². The van der Waals surface area contributed by atoms with Crippen LogP contribution in [0.3, 0.4) is 0 Å². The van der Waals surface area contributed by atoms with Crippen molar-refractivity contribution in [2.75, 3.05) is 18.0 Å². The number of anilines is 1. The van der Waals surface area contributed by atoms with E-state index >= 15 is 0 Å². The van der Waals surface area contributed by atoms with Crippen molar-refractivity contribution < 1.29 is 0 Å². The van der Waals surface area contributed by atoms with Gasteiger partial charge < -0.3 is 4.90 Å². The van der Waals surface area contributed by atoms with Crippen LogP contribution in [0.2, 0.25) is 0 Å². The van der Waals surface area contributed by atoms with Crippen molar-refractivity contribution in [3.05, 3.63) is 18.0 Å². The second-order valence-electron chi connectivity index (χ2n) is 3.59. The summed E-state index contributed by atoms with van der Waals surface area (Å²) >= 11 is 3.35. The Hall–Kier alpha value is -1.15. The topological polar surface area (TPSA) is 52.8 Å². The largest absolute Gasteiger partial charge is 0.340 e. The van der Waals surface area contributed by atoms with Crippen LogP contribution in [0.25, 0.3) is 0 Å². The summed E-state index contributed by atoms with van der Waals surface area (Å²) < 4.78 is 0. The van der Waals surface area contributed by atoms with Crippen LogP contribution in [-0.2, 0) is 5.33 Å². The normalized spacial score (nSPS) is 11.9. The number of halogens is 1. The van der Waals surface area contributed by atoms with E-state index in [1.165, 1.54) is 0 Å². The van der Waals surface area contributed by atoms with E-state index in [9.17, 15) is 0 Å². The highest BCUT2D eigenvalue weighted by Crippen LogP contribution is 2.10. The molecule has 0 bridgehead atoms. The molecule has 1 atom stereocenters. The van der Waals surface area contributed by atoms with Gasteiger partial charge in [-0.1, -0.05) is 15.9 Å². The number of hydrogen-bond acceptors (Lipinski definition) is 4. The van der Waals surface area contributed by atoms with E-state index in [0.717, 1.165) is 17.4 Å². The summed E-state index contributed by atoms with van der Waals surface area (Å²) in [5, 5.41) is 9.54. The monoisotopic (exact) mass is 282 g/mol. The van der Waals surface area contributed by atoms with Gasteiger partial charge in [-0.25, -0.2) is 9.97 Å². The maximum absolute atomic E-state index is 8.78. The molecule has 0 radical (unpaired) electrons. The highest BCUT2D eigenvalue weighted by atomic mass is 79.9. The van der Waals surface area contributed by atoms with Gasteiger partial charge in [0.05, 0.1) is 12.0 Å². The van der Waals surface area contributed by atoms with E-state index in [1.54, 1.807) is 12.4 Å². The van der Waals surface area contributed by atoms with Gasteiger partial charge in [-0.05, 0) is 19.4 Å². The SMILES string of the molecule is CCN(CC(C)C#N)c1ncc(CBr)cn1.